The molecule has 14 heavy (non-hydrogen) atoms. The number of carbonyl (C=O) groups excluding carboxylic acids is 2. The second kappa shape index (κ2) is 3.61. The summed E-state index contributed by atoms with van der Waals surface area (Å²) >= 11 is 0. The smallest absolute Gasteiger partial charge is 0.289 e. The summed E-state index contributed by atoms with van der Waals surface area (Å²) in [5.74, 6) is 0.454. The predicted octanol–water partition coefficient (Wildman–Crippen LogP) is 0.215. The maximum Gasteiger partial charge on any atom is 0.289 e. The first-order valence-corrected chi connectivity index (χ1v) is 4.58. The zero-order chi connectivity index (χ0) is 9.97. The Balaban J connectivity index is 2.03. The van der Waals surface area contributed by atoms with E-state index in [0.29, 0.717) is 31.8 Å². The molecule has 2 heterocycles. The van der Waals surface area contributed by atoms with Crippen molar-refractivity contribution in [3.63, 3.8) is 0 Å². The maximum absolute atomic E-state index is 11.7. The van der Waals surface area contributed by atoms with Crippen LogP contribution in [0.15, 0.2) is 12.4 Å². The van der Waals surface area contributed by atoms with Gasteiger partial charge in [-0.2, -0.15) is 0 Å². The number of aromatic nitrogens is 2. The minimum Gasteiger partial charge on any atom is -0.341 e. The molecule has 74 valence electrons. The van der Waals surface area contributed by atoms with Crippen molar-refractivity contribution in [2.75, 3.05) is 13.1 Å². The lowest BCUT2D eigenvalue weighted by molar-refractivity contribution is -0.120. The minimum atomic E-state index is -0.123. The van der Waals surface area contributed by atoms with Crippen LogP contribution in [0.3, 0.4) is 0 Å². The van der Waals surface area contributed by atoms with Gasteiger partial charge in [0.25, 0.3) is 5.91 Å². The van der Waals surface area contributed by atoms with Crippen LogP contribution in [0.4, 0.5) is 0 Å². The molecule has 5 nitrogen and oxygen atoms in total. The molecule has 1 aliphatic rings. The largest absolute Gasteiger partial charge is 0.341 e. The molecule has 1 aromatic rings. The van der Waals surface area contributed by atoms with Crippen LogP contribution in [-0.2, 0) is 4.79 Å². The molecule has 1 aromatic heterocycles. The zero-order valence-corrected chi connectivity index (χ0v) is 7.69. The van der Waals surface area contributed by atoms with Crippen molar-refractivity contribution in [3.05, 3.63) is 18.2 Å². The van der Waals surface area contributed by atoms with Gasteiger partial charge in [-0.25, -0.2) is 4.98 Å². The van der Waals surface area contributed by atoms with Gasteiger partial charge in [-0.15, -0.1) is 0 Å². The van der Waals surface area contributed by atoms with E-state index in [9.17, 15) is 9.59 Å². The van der Waals surface area contributed by atoms with Gasteiger partial charge in [0.15, 0.2) is 5.82 Å². The van der Waals surface area contributed by atoms with Crippen LogP contribution in [0.2, 0.25) is 0 Å². The number of carbonyl (C=O) groups is 2. The number of amides is 1. The van der Waals surface area contributed by atoms with Crippen molar-refractivity contribution >= 4 is 11.7 Å². The summed E-state index contributed by atoms with van der Waals surface area (Å²) < 4.78 is 0. The molecule has 5 heteroatoms. The number of H-pyrrole nitrogens is 1. The third-order valence-electron chi connectivity index (χ3n) is 2.31. The molecule has 1 aliphatic heterocycles. The number of hydrogen-bond acceptors (Lipinski definition) is 3. The number of Topliss-reactive ketones (excluding diaryl/α,β-unsaturated/α-hetero) is 1. The molecule has 0 aliphatic carbocycles. The molecule has 1 saturated heterocycles. The van der Waals surface area contributed by atoms with E-state index in [2.05, 4.69) is 9.97 Å². The van der Waals surface area contributed by atoms with Gasteiger partial charge in [0.05, 0.1) is 0 Å². The van der Waals surface area contributed by atoms with Crippen LogP contribution in [0, 0.1) is 0 Å². The van der Waals surface area contributed by atoms with Crippen molar-refractivity contribution in [2.45, 2.75) is 12.8 Å². The minimum absolute atomic E-state index is 0.123. The van der Waals surface area contributed by atoms with Crippen molar-refractivity contribution < 1.29 is 9.59 Å². The third-order valence-corrected chi connectivity index (χ3v) is 2.31. The quantitative estimate of drug-likeness (QED) is 0.693. The van der Waals surface area contributed by atoms with Crippen molar-refractivity contribution in [1.82, 2.24) is 14.9 Å². The summed E-state index contributed by atoms with van der Waals surface area (Å²) in [6.45, 7) is 1.02. The summed E-state index contributed by atoms with van der Waals surface area (Å²) in [5, 5.41) is 0. The number of rotatable bonds is 1. The number of likely N-dealkylation sites (tertiary alicyclic amines) is 1. The fourth-order valence-corrected chi connectivity index (χ4v) is 1.49. The Bertz CT molecular complexity index is 335. The first kappa shape index (κ1) is 8.93. The van der Waals surface area contributed by atoms with Gasteiger partial charge >= 0.3 is 0 Å². The highest BCUT2D eigenvalue weighted by molar-refractivity contribution is 5.92. The lowest BCUT2D eigenvalue weighted by Crippen LogP contribution is -2.39. The number of ketones is 1. The Morgan fingerprint density at radius 3 is 2.71 bits per heavy atom. The second-order valence-corrected chi connectivity index (χ2v) is 3.27. The molecule has 1 fully saturated rings. The fourth-order valence-electron chi connectivity index (χ4n) is 1.49. The van der Waals surface area contributed by atoms with E-state index >= 15 is 0 Å². The van der Waals surface area contributed by atoms with E-state index in [4.69, 9.17) is 0 Å². The Morgan fingerprint density at radius 2 is 2.14 bits per heavy atom. The number of imidazole rings is 1. The monoisotopic (exact) mass is 193 g/mol. The van der Waals surface area contributed by atoms with Gasteiger partial charge in [0, 0.05) is 38.3 Å². The summed E-state index contributed by atoms with van der Waals surface area (Å²) in [6.07, 6.45) is 4.09. The van der Waals surface area contributed by atoms with Gasteiger partial charge in [0.2, 0.25) is 0 Å². The summed E-state index contributed by atoms with van der Waals surface area (Å²) in [6, 6.07) is 0. The number of aromatic amines is 1. The van der Waals surface area contributed by atoms with Crippen LogP contribution in [-0.4, -0.2) is 39.6 Å². The summed E-state index contributed by atoms with van der Waals surface area (Å²) in [4.78, 5) is 30.9. The lowest BCUT2D eigenvalue weighted by Gasteiger charge is -2.24. The van der Waals surface area contributed by atoms with Crippen LogP contribution in [0.25, 0.3) is 0 Å². The molecular formula is C9H11N3O2. The Hall–Kier alpha value is -1.65. The highest BCUT2D eigenvalue weighted by atomic mass is 16.2. The van der Waals surface area contributed by atoms with Crippen molar-refractivity contribution in [1.29, 1.82) is 0 Å². The van der Waals surface area contributed by atoms with Crippen LogP contribution >= 0.6 is 0 Å². The molecule has 0 unspecified atom stereocenters. The fraction of sp³-hybridized carbons (Fsp3) is 0.444. The van der Waals surface area contributed by atoms with Crippen molar-refractivity contribution in [2.24, 2.45) is 0 Å². The Kier molecular flexibility index (Phi) is 2.30. The average Bonchev–Trinajstić information content (AvgIpc) is 2.71. The van der Waals surface area contributed by atoms with Gasteiger partial charge < -0.3 is 9.88 Å². The van der Waals surface area contributed by atoms with E-state index in [-0.39, 0.29) is 11.7 Å². The van der Waals surface area contributed by atoms with Crippen LogP contribution in [0.5, 0.6) is 0 Å². The Labute approximate surface area is 81.1 Å². The molecule has 0 atom stereocenters. The molecular weight excluding hydrogens is 182 g/mol. The second-order valence-electron chi connectivity index (χ2n) is 3.27. The topological polar surface area (TPSA) is 66.1 Å². The lowest BCUT2D eigenvalue weighted by atomic mass is 10.1. The summed E-state index contributed by atoms with van der Waals surface area (Å²) in [5.41, 5.74) is 0. The molecule has 0 saturated carbocycles. The van der Waals surface area contributed by atoms with Gasteiger partial charge in [-0.05, 0) is 0 Å². The summed E-state index contributed by atoms with van der Waals surface area (Å²) in [7, 11) is 0. The molecule has 0 radical (unpaired) electrons. The van der Waals surface area contributed by atoms with E-state index in [0.717, 1.165) is 0 Å². The van der Waals surface area contributed by atoms with Crippen molar-refractivity contribution in [3.8, 4) is 0 Å². The predicted molar refractivity (Wildman–Crippen MR) is 48.7 cm³/mol. The maximum atomic E-state index is 11.7. The first-order valence-electron chi connectivity index (χ1n) is 4.58. The number of hydrogen-bond donors (Lipinski definition) is 1. The standard InChI is InChI=1S/C9H11N3O2/c13-7-1-5-12(6-2-7)9(14)8-10-3-4-11-8/h3-4H,1-2,5-6H2,(H,10,11). The number of nitrogens with zero attached hydrogens (tertiary/aromatic N) is 2. The molecule has 0 bridgehead atoms. The number of piperidine rings is 1. The molecule has 1 amide bonds. The van der Waals surface area contributed by atoms with Gasteiger partial charge in [0.1, 0.15) is 5.78 Å². The first-order chi connectivity index (χ1) is 6.77. The van der Waals surface area contributed by atoms with E-state index in [1.54, 1.807) is 17.3 Å². The highest BCUT2D eigenvalue weighted by Crippen LogP contribution is 2.08. The molecule has 1 N–H and O–H groups in total. The van der Waals surface area contributed by atoms with Crippen LogP contribution < -0.4 is 0 Å². The van der Waals surface area contributed by atoms with Crippen LogP contribution in [0.1, 0.15) is 23.5 Å². The zero-order valence-electron chi connectivity index (χ0n) is 7.69. The molecule has 0 spiro atoms. The van der Waals surface area contributed by atoms with Gasteiger partial charge in [-0.1, -0.05) is 0 Å². The normalized spacial score (nSPS) is 17.1. The highest BCUT2D eigenvalue weighted by Gasteiger charge is 2.22. The van der Waals surface area contributed by atoms with E-state index < -0.39 is 0 Å². The van der Waals surface area contributed by atoms with Gasteiger partial charge in [-0.3, -0.25) is 9.59 Å². The average molecular weight is 193 g/mol. The Morgan fingerprint density at radius 1 is 1.43 bits per heavy atom. The third kappa shape index (κ3) is 1.66. The molecule has 0 aromatic carbocycles. The SMILES string of the molecule is O=C1CCN(C(=O)c2ncc[nH]2)CC1. The number of nitrogens with one attached hydrogen (secondary N) is 1. The van der Waals surface area contributed by atoms with E-state index in [1.165, 1.54) is 0 Å². The molecule has 2 rings (SSSR count). The van der Waals surface area contributed by atoms with E-state index in [1.807, 2.05) is 0 Å².